The molecule has 202 valence electrons. The molecule has 0 bridgehead atoms. The Kier molecular flexibility index (Phi) is 9.32. The van der Waals surface area contributed by atoms with Gasteiger partial charge in [0.2, 0.25) is 0 Å². The molecule has 1 atom stereocenters. The average Bonchev–Trinajstić information content (AvgIpc) is 3.18. The van der Waals surface area contributed by atoms with Gasteiger partial charge in [0, 0.05) is 21.7 Å². The van der Waals surface area contributed by atoms with Crippen molar-refractivity contribution in [1.29, 1.82) is 0 Å². The molecule has 0 aliphatic rings. The number of carbonyl (C=O) groups is 1. The van der Waals surface area contributed by atoms with Gasteiger partial charge in [0.05, 0.1) is 11.3 Å². The van der Waals surface area contributed by atoms with Crippen molar-refractivity contribution in [3.63, 3.8) is 0 Å². The van der Waals surface area contributed by atoms with Crippen molar-refractivity contribution in [3.8, 4) is 11.5 Å². The molecule has 0 aliphatic carbocycles. The molecule has 2 N–H and O–H groups in total. The Morgan fingerprint density at radius 1 is 1.22 bits per heavy atom. The quantitative estimate of drug-likeness (QED) is 0.271. The number of halogens is 4. The van der Waals surface area contributed by atoms with E-state index < -0.39 is 44.1 Å². The molecule has 0 aliphatic heterocycles. The van der Waals surface area contributed by atoms with Gasteiger partial charge in [0.1, 0.15) is 21.8 Å². The number of benzene rings is 2. The molecule has 0 amide bonds. The molecule has 1 aromatic heterocycles. The van der Waals surface area contributed by atoms with E-state index in [1.165, 1.54) is 12.1 Å². The van der Waals surface area contributed by atoms with E-state index in [1.54, 1.807) is 32.0 Å². The molecule has 0 spiro atoms. The van der Waals surface area contributed by atoms with Gasteiger partial charge in [-0.05, 0) is 68.8 Å². The van der Waals surface area contributed by atoms with E-state index in [1.807, 2.05) is 0 Å². The molecule has 37 heavy (non-hydrogen) atoms. The zero-order valence-electron chi connectivity index (χ0n) is 19.9. The minimum absolute atomic E-state index is 0.0953. The summed E-state index contributed by atoms with van der Waals surface area (Å²) in [6, 6.07) is 8.90. The highest BCUT2D eigenvalue weighted by molar-refractivity contribution is 7.93. The van der Waals surface area contributed by atoms with Crippen LogP contribution in [0.3, 0.4) is 0 Å². The van der Waals surface area contributed by atoms with Gasteiger partial charge in [-0.15, -0.1) is 11.3 Å². The third kappa shape index (κ3) is 7.73. The number of carboxylic acids is 1. The highest BCUT2D eigenvalue weighted by atomic mass is 35.5. The van der Waals surface area contributed by atoms with Crippen LogP contribution in [0.1, 0.15) is 24.5 Å². The highest BCUT2D eigenvalue weighted by Gasteiger charge is 2.41. The van der Waals surface area contributed by atoms with E-state index in [-0.39, 0.29) is 34.2 Å². The summed E-state index contributed by atoms with van der Waals surface area (Å²) in [6.07, 6.45) is -5.03. The average molecular weight is 580 g/mol. The first-order valence-electron chi connectivity index (χ1n) is 11.1. The fourth-order valence-electron chi connectivity index (χ4n) is 3.59. The summed E-state index contributed by atoms with van der Waals surface area (Å²) in [6.45, 7) is 3.72. The number of thiophene rings is 1. The van der Waals surface area contributed by atoms with Crippen molar-refractivity contribution in [1.82, 2.24) is 5.32 Å². The van der Waals surface area contributed by atoms with Gasteiger partial charge in [-0.1, -0.05) is 11.6 Å². The number of aryl methyl sites for hydroxylation is 1. The minimum Gasteiger partial charge on any atom is -0.489 e. The monoisotopic (exact) mass is 579 g/mol. The maximum absolute atomic E-state index is 13.7. The van der Waals surface area contributed by atoms with Gasteiger partial charge < -0.3 is 19.9 Å². The zero-order valence-corrected chi connectivity index (χ0v) is 22.3. The van der Waals surface area contributed by atoms with Crippen LogP contribution < -0.4 is 14.8 Å². The third-order valence-corrected chi connectivity index (χ3v) is 9.02. The number of alkyl halides is 3. The van der Waals surface area contributed by atoms with Crippen molar-refractivity contribution < 1.29 is 41.0 Å². The first kappa shape index (κ1) is 29.0. The van der Waals surface area contributed by atoms with Crippen LogP contribution in [0, 0.1) is 6.92 Å². The van der Waals surface area contributed by atoms with E-state index in [2.05, 4.69) is 5.32 Å². The number of rotatable bonds is 12. The normalized spacial score (nSPS) is 13.0. The molecule has 1 unspecified atom stereocenters. The zero-order chi connectivity index (χ0) is 27.4. The Bertz CT molecular complexity index is 1370. The van der Waals surface area contributed by atoms with Gasteiger partial charge >= 0.3 is 12.1 Å². The Balaban J connectivity index is 1.53. The number of nitrogens with one attached hydrogen (secondary N) is 1. The van der Waals surface area contributed by atoms with Crippen molar-refractivity contribution in [2.24, 2.45) is 0 Å². The van der Waals surface area contributed by atoms with Crippen molar-refractivity contribution in [3.05, 3.63) is 52.5 Å². The summed E-state index contributed by atoms with van der Waals surface area (Å²) < 4.78 is 77.4. The molecule has 0 saturated carbocycles. The number of sulfone groups is 1. The lowest BCUT2D eigenvalue weighted by Crippen LogP contribution is -2.30. The van der Waals surface area contributed by atoms with Crippen LogP contribution in [0.4, 0.5) is 13.2 Å². The molecule has 0 radical (unpaired) electrons. The number of hydrogen-bond donors (Lipinski definition) is 2. The largest absolute Gasteiger partial charge is 0.489 e. The lowest BCUT2D eigenvalue weighted by atomic mass is 10.2. The summed E-state index contributed by atoms with van der Waals surface area (Å²) >= 11 is 6.44. The van der Waals surface area contributed by atoms with E-state index in [4.69, 9.17) is 26.2 Å². The number of fused-ring (bicyclic) bond motifs is 1. The summed E-state index contributed by atoms with van der Waals surface area (Å²) in [4.78, 5) is 10.6. The van der Waals surface area contributed by atoms with Gasteiger partial charge in [0.25, 0.3) is 0 Å². The Hall–Kier alpha value is -2.54. The lowest BCUT2D eigenvalue weighted by molar-refractivity contribution is -0.139. The maximum atomic E-state index is 13.7. The summed E-state index contributed by atoms with van der Waals surface area (Å²) in [5.74, 6) is -0.559. The SMILES string of the molecule is Cc1cc(OC(C)CNCCCS(=O)(=O)c2sc3ccc(Cl)cc3c2C(F)(F)F)ccc1OCC(=O)O. The Morgan fingerprint density at radius 2 is 1.95 bits per heavy atom. The molecule has 0 saturated heterocycles. The molecule has 13 heteroatoms. The standard InChI is InChI=1S/C24H25ClF3NO6S2/c1-14-10-17(5-6-19(14)34-13-21(30)31)35-15(2)12-29-8-3-9-37(32,33)23-22(24(26,27)28)18-11-16(25)4-7-20(18)36-23/h4-7,10-11,15,29H,3,8-9,12-13H2,1-2H3,(H,30,31). The second-order valence-electron chi connectivity index (χ2n) is 8.32. The van der Waals surface area contributed by atoms with Crippen LogP contribution in [0.15, 0.2) is 40.6 Å². The first-order valence-corrected chi connectivity index (χ1v) is 14.0. The number of ether oxygens (including phenoxy) is 2. The van der Waals surface area contributed by atoms with Gasteiger partial charge in [0.15, 0.2) is 16.4 Å². The van der Waals surface area contributed by atoms with Gasteiger partial charge in [-0.2, -0.15) is 13.2 Å². The number of hydrogen-bond acceptors (Lipinski definition) is 7. The van der Waals surface area contributed by atoms with Crippen LogP contribution in [0.25, 0.3) is 10.1 Å². The van der Waals surface area contributed by atoms with Crippen LogP contribution >= 0.6 is 22.9 Å². The maximum Gasteiger partial charge on any atom is 0.419 e. The van der Waals surface area contributed by atoms with E-state index in [0.29, 0.717) is 34.9 Å². The molecule has 2 aromatic carbocycles. The van der Waals surface area contributed by atoms with Gasteiger partial charge in [-0.25, -0.2) is 13.2 Å². The van der Waals surface area contributed by atoms with Crippen molar-refractivity contribution in [2.45, 2.75) is 36.8 Å². The molecule has 3 rings (SSSR count). The molecular formula is C24H25ClF3NO6S2. The van der Waals surface area contributed by atoms with Crippen molar-refractivity contribution >= 4 is 48.8 Å². The van der Waals surface area contributed by atoms with E-state index in [9.17, 15) is 26.4 Å². The fraction of sp³-hybridized carbons (Fsp3) is 0.375. The highest BCUT2D eigenvalue weighted by Crippen LogP contribution is 2.45. The molecule has 3 aromatic rings. The second-order valence-corrected chi connectivity index (χ2v) is 12.1. The van der Waals surface area contributed by atoms with Crippen LogP contribution in [-0.2, 0) is 20.8 Å². The predicted octanol–water partition coefficient (Wildman–Crippen LogP) is 5.57. The minimum atomic E-state index is -4.84. The number of aliphatic carboxylic acids is 1. The summed E-state index contributed by atoms with van der Waals surface area (Å²) in [5, 5.41) is 11.6. The molecular weight excluding hydrogens is 555 g/mol. The van der Waals surface area contributed by atoms with Crippen LogP contribution in [0.5, 0.6) is 11.5 Å². The second kappa shape index (κ2) is 11.9. The van der Waals surface area contributed by atoms with E-state index in [0.717, 1.165) is 6.07 Å². The molecule has 7 nitrogen and oxygen atoms in total. The predicted molar refractivity (Wildman–Crippen MR) is 136 cm³/mol. The third-order valence-electron chi connectivity index (χ3n) is 5.22. The summed E-state index contributed by atoms with van der Waals surface area (Å²) in [7, 11) is -4.18. The Labute approximate surface area is 221 Å². The van der Waals surface area contributed by atoms with Crippen LogP contribution in [-0.4, -0.2) is 51.0 Å². The first-order chi connectivity index (χ1) is 17.3. The smallest absolute Gasteiger partial charge is 0.419 e. The lowest BCUT2D eigenvalue weighted by Gasteiger charge is -2.17. The molecule has 0 fully saturated rings. The topological polar surface area (TPSA) is 102 Å². The Morgan fingerprint density at radius 3 is 2.59 bits per heavy atom. The summed E-state index contributed by atoms with van der Waals surface area (Å²) in [5.41, 5.74) is -0.467. The van der Waals surface area contributed by atoms with Gasteiger partial charge in [-0.3, -0.25) is 0 Å². The fourth-order valence-corrected chi connectivity index (χ4v) is 6.97. The van der Waals surface area contributed by atoms with Crippen LogP contribution in [0.2, 0.25) is 5.02 Å². The molecule has 1 heterocycles. The number of carboxylic acid groups (broad SMARTS) is 1. The van der Waals surface area contributed by atoms with Crippen molar-refractivity contribution in [2.75, 3.05) is 25.4 Å². The van der Waals surface area contributed by atoms with E-state index >= 15 is 0 Å².